The average molecular weight is 444 g/mol. The molecule has 23 heavy (non-hydrogen) atoms. The molecule has 0 atom stereocenters. The molecule has 0 spiro atoms. The zero-order valence-electron chi connectivity index (χ0n) is 12.9. The van der Waals surface area contributed by atoms with Gasteiger partial charge in [-0.2, -0.15) is 5.10 Å². The second-order valence-electron chi connectivity index (χ2n) is 5.01. The van der Waals surface area contributed by atoms with Crippen LogP contribution in [0.25, 0.3) is 0 Å². The fourth-order valence-corrected chi connectivity index (χ4v) is 2.52. The molecule has 0 saturated carbocycles. The van der Waals surface area contributed by atoms with Crippen LogP contribution >= 0.6 is 31.9 Å². The molecule has 1 heterocycles. The predicted molar refractivity (Wildman–Crippen MR) is 96.0 cm³/mol. The van der Waals surface area contributed by atoms with Gasteiger partial charge in [-0.05, 0) is 69.3 Å². The van der Waals surface area contributed by atoms with Crippen molar-refractivity contribution in [3.05, 3.63) is 49.8 Å². The molecule has 0 unspecified atom stereocenters. The Labute approximate surface area is 151 Å². The molecule has 7 heteroatoms. The molecule has 1 amide bonds. The van der Waals surface area contributed by atoms with Crippen molar-refractivity contribution in [2.24, 2.45) is 5.10 Å². The summed E-state index contributed by atoms with van der Waals surface area (Å²) in [5.41, 5.74) is 5.55. The summed E-state index contributed by atoms with van der Waals surface area (Å²) in [5, 5.41) is 3.83. The van der Waals surface area contributed by atoms with Crippen LogP contribution in [0.2, 0.25) is 0 Å². The lowest BCUT2D eigenvalue weighted by atomic mass is 10.1. The number of carbonyl (C=O) groups excluding carboxylic acids is 1. The first-order valence-corrected chi connectivity index (χ1v) is 8.43. The van der Waals surface area contributed by atoms with Gasteiger partial charge in [0.25, 0.3) is 5.91 Å². The smallest absolute Gasteiger partial charge is 0.277 e. The highest BCUT2D eigenvalue weighted by Gasteiger charge is 2.09. The first-order valence-electron chi connectivity index (χ1n) is 6.85. The Morgan fingerprint density at radius 1 is 1.30 bits per heavy atom. The maximum atomic E-state index is 11.8. The summed E-state index contributed by atoms with van der Waals surface area (Å²) < 4.78 is 12.3. The maximum Gasteiger partial charge on any atom is 0.277 e. The maximum absolute atomic E-state index is 11.8. The van der Waals surface area contributed by atoms with E-state index in [-0.39, 0.29) is 12.5 Å². The van der Waals surface area contributed by atoms with E-state index in [1.807, 2.05) is 32.9 Å². The highest BCUT2D eigenvalue weighted by atomic mass is 79.9. The highest BCUT2D eigenvalue weighted by molar-refractivity contribution is 9.13. The number of amides is 1. The number of hydrogen-bond acceptors (Lipinski definition) is 4. The Morgan fingerprint density at radius 3 is 2.65 bits per heavy atom. The van der Waals surface area contributed by atoms with Crippen molar-refractivity contribution in [3.63, 3.8) is 0 Å². The van der Waals surface area contributed by atoms with Crippen molar-refractivity contribution in [3.8, 4) is 5.75 Å². The third-order valence-electron chi connectivity index (χ3n) is 3.27. The molecule has 0 saturated heterocycles. The Hall–Kier alpha value is -1.60. The number of hydrazone groups is 1. The van der Waals surface area contributed by atoms with E-state index in [4.69, 9.17) is 9.15 Å². The molecule has 0 fully saturated rings. The van der Waals surface area contributed by atoms with Crippen molar-refractivity contribution in [2.75, 3.05) is 6.61 Å². The van der Waals surface area contributed by atoms with Crippen molar-refractivity contribution >= 4 is 44.0 Å². The second kappa shape index (κ2) is 7.79. The molecule has 0 bridgehead atoms. The molecular formula is C16H16Br2N2O3. The lowest BCUT2D eigenvalue weighted by molar-refractivity contribution is -0.123. The fraction of sp³-hybridized carbons (Fsp3) is 0.250. The Morgan fingerprint density at radius 2 is 2.00 bits per heavy atom. The van der Waals surface area contributed by atoms with Gasteiger partial charge in [-0.15, -0.1) is 0 Å². The Bertz CT molecular complexity index is 735. The third kappa shape index (κ3) is 4.68. The average Bonchev–Trinajstić information content (AvgIpc) is 2.81. The Kier molecular flexibility index (Phi) is 6.01. The zero-order valence-corrected chi connectivity index (χ0v) is 16.1. The predicted octanol–water partition coefficient (Wildman–Crippen LogP) is 4.26. The summed E-state index contributed by atoms with van der Waals surface area (Å²) in [5.74, 6) is 0.907. The van der Waals surface area contributed by atoms with Crippen molar-refractivity contribution in [1.29, 1.82) is 0 Å². The van der Waals surface area contributed by atoms with Crippen LogP contribution in [-0.2, 0) is 4.79 Å². The standard InChI is InChI=1S/C16H16Br2N2O3/c1-9-4-5-10(2)15(11(9)3)22-8-14(21)20-19-7-12-6-13(17)16(18)23-12/h4-7H,8H2,1-3H3,(H,20,21)/b19-7-. The normalized spacial score (nSPS) is 11.0. The number of nitrogens with one attached hydrogen (secondary N) is 1. The summed E-state index contributed by atoms with van der Waals surface area (Å²) in [6.07, 6.45) is 1.41. The molecule has 0 aliphatic rings. The summed E-state index contributed by atoms with van der Waals surface area (Å²) in [6, 6.07) is 5.73. The lowest BCUT2D eigenvalue weighted by Crippen LogP contribution is -2.25. The number of hydrogen-bond donors (Lipinski definition) is 1. The molecule has 1 aromatic heterocycles. The number of halogens is 2. The quantitative estimate of drug-likeness (QED) is 0.554. The molecular weight excluding hydrogens is 428 g/mol. The van der Waals surface area contributed by atoms with Crippen LogP contribution < -0.4 is 10.2 Å². The molecule has 2 aromatic rings. The van der Waals surface area contributed by atoms with Crippen LogP contribution in [0.3, 0.4) is 0 Å². The highest BCUT2D eigenvalue weighted by Crippen LogP contribution is 2.26. The monoisotopic (exact) mass is 442 g/mol. The molecule has 2 rings (SSSR count). The van der Waals surface area contributed by atoms with E-state index in [9.17, 15) is 4.79 Å². The van der Waals surface area contributed by atoms with Gasteiger partial charge in [-0.3, -0.25) is 4.79 Å². The minimum absolute atomic E-state index is 0.103. The van der Waals surface area contributed by atoms with E-state index in [1.54, 1.807) is 6.07 Å². The van der Waals surface area contributed by atoms with Gasteiger partial charge in [0, 0.05) is 6.07 Å². The lowest BCUT2D eigenvalue weighted by Gasteiger charge is -2.13. The molecule has 0 radical (unpaired) electrons. The summed E-state index contributed by atoms with van der Waals surface area (Å²) in [4.78, 5) is 11.8. The van der Waals surface area contributed by atoms with Gasteiger partial charge in [-0.25, -0.2) is 5.43 Å². The van der Waals surface area contributed by atoms with E-state index >= 15 is 0 Å². The number of furan rings is 1. The zero-order chi connectivity index (χ0) is 17.0. The summed E-state index contributed by atoms with van der Waals surface area (Å²) in [7, 11) is 0. The van der Waals surface area contributed by atoms with Crippen LogP contribution in [-0.4, -0.2) is 18.7 Å². The van der Waals surface area contributed by atoms with Gasteiger partial charge in [0.15, 0.2) is 11.3 Å². The fourth-order valence-electron chi connectivity index (χ4n) is 1.91. The minimum atomic E-state index is -0.341. The van der Waals surface area contributed by atoms with Crippen molar-refractivity contribution in [1.82, 2.24) is 5.43 Å². The van der Waals surface area contributed by atoms with Crippen LogP contribution in [0.4, 0.5) is 0 Å². The first kappa shape index (κ1) is 17.7. The topological polar surface area (TPSA) is 63.8 Å². The van der Waals surface area contributed by atoms with Gasteiger partial charge < -0.3 is 9.15 Å². The summed E-state index contributed by atoms with van der Waals surface area (Å²) >= 11 is 6.52. The van der Waals surface area contributed by atoms with Gasteiger partial charge in [0.2, 0.25) is 0 Å². The summed E-state index contributed by atoms with van der Waals surface area (Å²) in [6.45, 7) is 5.82. The van der Waals surface area contributed by atoms with Crippen molar-refractivity contribution in [2.45, 2.75) is 20.8 Å². The van der Waals surface area contributed by atoms with Crippen LogP contribution in [0.1, 0.15) is 22.5 Å². The third-order valence-corrected chi connectivity index (χ3v) is 4.98. The molecule has 122 valence electrons. The van der Waals surface area contributed by atoms with E-state index in [2.05, 4.69) is 42.4 Å². The van der Waals surface area contributed by atoms with E-state index in [1.165, 1.54) is 6.21 Å². The van der Waals surface area contributed by atoms with E-state index in [0.717, 1.165) is 26.9 Å². The van der Waals surface area contributed by atoms with Gasteiger partial charge >= 0.3 is 0 Å². The number of rotatable bonds is 5. The first-order chi connectivity index (χ1) is 10.9. The van der Waals surface area contributed by atoms with E-state index in [0.29, 0.717) is 10.4 Å². The SMILES string of the molecule is Cc1ccc(C)c(OCC(=O)N/N=C\c2cc(Br)c(Br)o2)c1C. The molecule has 1 N–H and O–H groups in total. The Balaban J connectivity index is 1.90. The molecule has 0 aliphatic heterocycles. The number of nitrogens with zero attached hydrogens (tertiary/aromatic N) is 1. The van der Waals surface area contributed by atoms with Crippen LogP contribution in [0.5, 0.6) is 5.75 Å². The number of benzene rings is 1. The number of ether oxygens (including phenoxy) is 1. The van der Waals surface area contributed by atoms with Crippen molar-refractivity contribution < 1.29 is 13.9 Å². The number of aryl methyl sites for hydroxylation is 2. The minimum Gasteiger partial charge on any atom is -0.483 e. The second-order valence-corrected chi connectivity index (χ2v) is 6.58. The van der Waals surface area contributed by atoms with Gasteiger partial charge in [0.1, 0.15) is 11.5 Å². The molecule has 5 nitrogen and oxygen atoms in total. The molecule has 1 aromatic carbocycles. The number of carbonyl (C=O) groups is 1. The largest absolute Gasteiger partial charge is 0.483 e. The van der Waals surface area contributed by atoms with Crippen LogP contribution in [0, 0.1) is 20.8 Å². The molecule has 0 aliphatic carbocycles. The van der Waals surface area contributed by atoms with Gasteiger partial charge in [0.05, 0.1) is 10.7 Å². The van der Waals surface area contributed by atoms with E-state index < -0.39 is 0 Å². The van der Waals surface area contributed by atoms with Gasteiger partial charge in [-0.1, -0.05) is 12.1 Å². The van der Waals surface area contributed by atoms with Crippen LogP contribution in [0.15, 0.2) is 36.9 Å².